The van der Waals surface area contributed by atoms with Gasteiger partial charge in [-0.3, -0.25) is 4.98 Å². The van der Waals surface area contributed by atoms with Crippen molar-refractivity contribution in [1.82, 2.24) is 14.5 Å². The molecule has 0 aliphatic rings. The lowest BCUT2D eigenvalue weighted by atomic mass is 9.98. The topological polar surface area (TPSA) is 54.6 Å². The van der Waals surface area contributed by atoms with E-state index in [9.17, 15) is 0 Å². The molecule has 3 aromatic heterocycles. The number of para-hydroxylation sites is 1. The molecule has 8 rings (SSSR count). The molecular formula is C43H30N4. The van der Waals surface area contributed by atoms with Gasteiger partial charge in [0.05, 0.1) is 22.4 Å². The summed E-state index contributed by atoms with van der Waals surface area (Å²) in [6.45, 7) is 0. The number of pyridine rings is 2. The molecule has 0 fully saturated rings. The maximum Gasteiger partial charge on any atom is 0.0709 e. The Morgan fingerprint density at radius 3 is 2.13 bits per heavy atom. The summed E-state index contributed by atoms with van der Waals surface area (Å²) in [4.78, 5) is 9.08. The van der Waals surface area contributed by atoms with Gasteiger partial charge >= 0.3 is 0 Å². The molecule has 0 radical (unpaired) electrons. The van der Waals surface area contributed by atoms with Crippen LogP contribution < -0.4 is 0 Å². The number of nitrogens with zero attached hydrogens (tertiary/aromatic N) is 3. The molecule has 0 atom stereocenters. The molecule has 4 heteroatoms. The minimum Gasteiger partial charge on any atom is -0.309 e. The van der Waals surface area contributed by atoms with E-state index in [4.69, 9.17) is 10.4 Å². The molecule has 5 aromatic carbocycles. The van der Waals surface area contributed by atoms with E-state index in [1.807, 2.05) is 42.8 Å². The minimum atomic E-state index is 0.874. The third-order valence-electron chi connectivity index (χ3n) is 8.62. The molecule has 8 aromatic rings. The summed E-state index contributed by atoms with van der Waals surface area (Å²) in [7, 11) is 0. The Morgan fingerprint density at radius 2 is 1.28 bits per heavy atom. The molecule has 0 saturated carbocycles. The molecule has 0 saturated heterocycles. The van der Waals surface area contributed by atoms with Crippen LogP contribution in [0.25, 0.3) is 77.9 Å². The average molecular weight is 603 g/mol. The highest BCUT2D eigenvalue weighted by atomic mass is 15.0. The van der Waals surface area contributed by atoms with Gasteiger partial charge in [0.2, 0.25) is 0 Å². The van der Waals surface area contributed by atoms with Gasteiger partial charge in [-0.25, -0.2) is 4.98 Å². The van der Waals surface area contributed by atoms with Crippen molar-refractivity contribution in [3.8, 4) is 39.2 Å². The number of fused-ring (bicyclic) bond motifs is 5. The van der Waals surface area contributed by atoms with E-state index in [1.165, 1.54) is 50.1 Å². The molecule has 47 heavy (non-hydrogen) atoms. The largest absolute Gasteiger partial charge is 0.309 e. The molecule has 3 heterocycles. The van der Waals surface area contributed by atoms with E-state index in [2.05, 4.69) is 131 Å². The van der Waals surface area contributed by atoms with Crippen molar-refractivity contribution in [1.29, 1.82) is 5.41 Å². The van der Waals surface area contributed by atoms with Crippen molar-refractivity contribution in [2.45, 2.75) is 0 Å². The third-order valence-corrected chi connectivity index (χ3v) is 8.62. The second kappa shape index (κ2) is 12.2. The van der Waals surface area contributed by atoms with E-state index < -0.39 is 0 Å². The number of hydrogen-bond donors (Lipinski definition) is 1. The second-order valence-electron chi connectivity index (χ2n) is 11.5. The van der Waals surface area contributed by atoms with Gasteiger partial charge in [-0.15, -0.1) is 0 Å². The van der Waals surface area contributed by atoms with Crippen LogP contribution in [0.5, 0.6) is 0 Å². The SMILES string of the molecule is N=C/C=C\C=C\c1cccc(-c2ccc3c(ccc4c5ccc(-c6cccc(-c7ccncc7)c6)cc5n(-c5ccccc5)c34)c2)n1. The Kier molecular flexibility index (Phi) is 7.29. The van der Waals surface area contributed by atoms with Gasteiger partial charge in [0.25, 0.3) is 0 Å². The molecular weight excluding hydrogens is 573 g/mol. The van der Waals surface area contributed by atoms with Crippen molar-refractivity contribution in [2.24, 2.45) is 0 Å². The zero-order valence-electron chi connectivity index (χ0n) is 25.6. The first-order valence-electron chi connectivity index (χ1n) is 15.7. The van der Waals surface area contributed by atoms with Crippen molar-refractivity contribution in [3.05, 3.63) is 170 Å². The molecule has 0 bridgehead atoms. The predicted molar refractivity (Wildman–Crippen MR) is 197 cm³/mol. The van der Waals surface area contributed by atoms with Crippen molar-refractivity contribution < 1.29 is 0 Å². The lowest BCUT2D eigenvalue weighted by molar-refractivity contribution is 1.19. The van der Waals surface area contributed by atoms with E-state index in [-0.39, 0.29) is 0 Å². The molecule has 0 spiro atoms. The fourth-order valence-electron chi connectivity index (χ4n) is 6.42. The number of rotatable bonds is 7. The highest BCUT2D eigenvalue weighted by Crippen LogP contribution is 2.39. The third kappa shape index (κ3) is 5.32. The van der Waals surface area contributed by atoms with Crippen LogP contribution in [0.3, 0.4) is 0 Å². The van der Waals surface area contributed by atoms with Gasteiger partial charge < -0.3 is 9.98 Å². The summed E-state index contributed by atoms with van der Waals surface area (Å²) in [5, 5.41) is 12.0. The molecule has 0 amide bonds. The monoisotopic (exact) mass is 602 g/mol. The number of hydrogen-bond acceptors (Lipinski definition) is 3. The van der Waals surface area contributed by atoms with Crippen molar-refractivity contribution in [3.63, 3.8) is 0 Å². The Labute approximate surface area is 273 Å². The smallest absolute Gasteiger partial charge is 0.0709 e. The summed E-state index contributed by atoms with van der Waals surface area (Å²) in [6.07, 6.45) is 12.3. The van der Waals surface area contributed by atoms with Crippen LogP contribution in [0, 0.1) is 5.41 Å². The van der Waals surface area contributed by atoms with Gasteiger partial charge in [0.15, 0.2) is 0 Å². The van der Waals surface area contributed by atoms with Crippen molar-refractivity contribution >= 4 is 44.9 Å². The number of aromatic nitrogens is 3. The Hall–Kier alpha value is -6.39. The standard InChI is InChI=1S/C43H30N4/c44-24-6-2-3-11-36-12-8-15-41(46-36)35-18-19-38-34(28-35)17-21-40-39-20-16-33(29-42(39)47(43(38)40)37-13-4-1-5-14-37)32-10-7-9-31(27-32)30-22-25-45-26-23-30/h1-29,44H/b6-2-,11-3+,44-24?. The van der Waals surface area contributed by atoms with Gasteiger partial charge in [0, 0.05) is 46.0 Å². The number of allylic oxidation sites excluding steroid dienone is 3. The Morgan fingerprint density at radius 1 is 0.532 bits per heavy atom. The molecule has 1 N–H and O–H groups in total. The number of nitrogens with one attached hydrogen (secondary N) is 1. The highest BCUT2D eigenvalue weighted by molar-refractivity contribution is 6.19. The lowest BCUT2D eigenvalue weighted by Gasteiger charge is -2.11. The lowest BCUT2D eigenvalue weighted by Crippen LogP contribution is -1.94. The van der Waals surface area contributed by atoms with E-state index in [0.29, 0.717) is 0 Å². The van der Waals surface area contributed by atoms with E-state index in [1.54, 1.807) is 6.08 Å². The van der Waals surface area contributed by atoms with Crippen LogP contribution in [-0.4, -0.2) is 20.7 Å². The quantitative estimate of drug-likeness (QED) is 0.146. The maximum absolute atomic E-state index is 7.16. The first-order chi connectivity index (χ1) is 23.3. The van der Waals surface area contributed by atoms with Crippen LogP contribution >= 0.6 is 0 Å². The van der Waals surface area contributed by atoms with Gasteiger partial charge in [-0.05, 0) is 94.4 Å². The van der Waals surface area contributed by atoms with E-state index in [0.717, 1.165) is 33.6 Å². The van der Waals surface area contributed by atoms with Crippen LogP contribution in [-0.2, 0) is 0 Å². The summed E-state index contributed by atoms with van der Waals surface area (Å²) in [6, 6.07) is 47.5. The molecule has 0 aliphatic heterocycles. The van der Waals surface area contributed by atoms with E-state index >= 15 is 0 Å². The van der Waals surface area contributed by atoms with Gasteiger partial charge in [-0.2, -0.15) is 0 Å². The normalized spacial score (nSPS) is 11.7. The maximum atomic E-state index is 7.16. The first kappa shape index (κ1) is 28.1. The van der Waals surface area contributed by atoms with Gasteiger partial charge in [0.1, 0.15) is 0 Å². The minimum absolute atomic E-state index is 0.874. The Balaban J connectivity index is 1.29. The fraction of sp³-hybridized carbons (Fsp3) is 0. The fourth-order valence-corrected chi connectivity index (χ4v) is 6.42. The van der Waals surface area contributed by atoms with Crippen LogP contribution in [0.1, 0.15) is 5.69 Å². The average Bonchev–Trinajstić information content (AvgIpc) is 3.48. The summed E-state index contributed by atoms with van der Waals surface area (Å²) in [5.41, 5.74) is 11.0. The van der Waals surface area contributed by atoms with Crippen LogP contribution in [0.15, 0.2) is 164 Å². The zero-order valence-corrected chi connectivity index (χ0v) is 25.6. The zero-order chi connectivity index (χ0) is 31.6. The summed E-state index contributed by atoms with van der Waals surface area (Å²) < 4.78 is 2.41. The predicted octanol–water partition coefficient (Wildman–Crippen LogP) is 10.9. The molecule has 0 aliphatic carbocycles. The number of benzene rings is 5. The molecule has 4 nitrogen and oxygen atoms in total. The molecule has 222 valence electrons. The second-order valence-corrected chi connectivity index (χ2v) is 11.5. The van der Waals surface area contributed by atoms with Crippen molar-refractivity contribution in [2.75, 3.05) is 0 Å². The van der Waals surface area contributed by atoms with Gasteiger partial charge in [-0.1, -0.05) is 91.0 Å². The molecule has 0 unspecified atom stereocenters. The van der Waals surface area contributed by atoms with Crippen LogP contribution in [0.2, 0.25) is 0 Å². The highest BCUT2D eigenvalue weighted by Gasteiger charge is 2.17. The first-order valence-corrected chi connectivity index (χ1v) is 15.7. The summed E-state index contributed by atoms with van der Waals surface area (Å²) in [5.74, 6) is 0. The summed E-state index contributed by atoms with van der Waals surface area (Å²) >= 11 is 0. The Bertz CT molecular complexity index is 2470. The van der Waals surface area contributed by atoms with Crippen LogP contribution in [0.4, 0.5) is 0 Å².